The van der Waals surface area contributed by atoms with Crippen LogP contribution in [0.4, 0.5) is 5.69 Å². The number of rotatable bonds is 2. The number of benzene rings is 1. The fourth-order valence-electron chi connectivity index (χ4n) is 8.73. The summed E-state index contributed by atoms with van der Waals surface area (Å²) in [5.74, 6) is 6.58. The van der Waals surface area contributed by atoms with Crippen molar-refractivity contribution in [3.05, 3.63) is 41.0 Å². The van der Waals surface area contributed by atoms with E-state index in [9.17, 15) is 10.2 Å². The van der Waals surface area contributed by atoms with Crippen molar-refractivity contribution < 1.29 is 19.7 Å². The summed E-state index contributed by atoms with van der Waals surface area (Å²) in [7, 11) is 4.13. The first-order valence-corrected chi connectivity index (χ1v) is 13.8. The molecule has 5 aliphatic rings. The highest BCUT2D eigenvalue weighted by Crippen LogP contribution is 2.67. The molecule has 3 saturated carbocycles. The molecule has 5 nitrogen and oxygen atoms in total. The van der Waals surface area contributed by atoms with Gasteiger partial charge in [-0.25, -0.2) is 0 Å². The Morgan fingerprint density at radius 2 is 1.72 bits per heavy atom. The largest absolute Gasteiger partial charge is 0.385 e. The van der Waals surface area contributed by atoms with Crippen LogP contribution in [0.15, 0.2) is 35.4 Å². The summed E-state index contributed by atoms with van der Waals surface area (Å²) in [6, 6.07) is 8.91. The van der Waals surface area contributed by atoms with Gasteiger partial charge in [-0.3, -0.25) is 0 Å². The predicted molar refractivity (Wildman–Crippen MR) is 141 cm³/mol. The summed E-state index contributed by atoms with van der Waals surface area (Å²) in [5.41, 5.74) is 3.04. The molecule has 6 rings (SSSR count). The van der Waals surface area contributed by atoms with Crippen LogP contribution < -0.4 is 4.90 Å². The maximum absolute atomic E-state index is 12.1. The molecule has 194 valence electrons. The molecule has 0 bridgehead atoms. The van der Waals surface area contributed by atoms with Crippen molar-refractivity contribution in [3.63, 3.8) is 0 Å². The van der Waals surface area contributed by atoms with Gasteiger partial charge in [0.2, 0.25) is 0 Å². The Balaban J connectivity index is 1.48. The highest BCUT2D eigenvalue weighted by Gasteiger charge is 2.64. The summed E-state index contributed by atoms with van der Waals surface area (Å²) in [5, 5.41) is 24.0. The highest BCUT2D eigenvalue weighted by molar-refractivity contribution is 5.50. The summed E-state index contributed by atoms with van der Waals surface area (Å²) in [4.78, 5) is 2.13. The van der Waals surface area contributed by atoms with Crippen LogP contribution in [-0.2, 0) is 9.47 Å². The predicted octanol–water partition coefficient (Wildman–Crippen LogP) is 4.78. The quantitative estimate of drug-likeness (QED) is 0.461. The van der Waals surface area contributed by atoms with Crippen LogP contribution in [0.2, 0.25) is 0 Å². The van der Waals surface area contributed by atoms with E-state index in [2.05, 4.69) is 62.0 Å². The Labute approximate surface area is 215 Å². The van der Waals surface area contributed by atoms with Gasteiger partial charge < -0.3 is 24.6 Å². The van der Waals surface area contributed by atoms with Gasteiger partial charge in [-0.2, -0.15) is 0 Å². The second-order valence-corrected chi connectivity index (χ2v) is 12.4. The van der Waals surface area contributed by atoms with Gasteiger partial charge in [-0.15, -0.1) is 5.92 Å². The molecule has 1 spiro atoms. The van der Waals surface area contributed by atoms with E-state index in [0.29, 0.717) is 31.5 Å². The molecule has 4 fully saturated rings. The number of anilines is 1. The summed E-state index contributed by atoms with van der Waals surface area (Å²) >= 11 is 0. The van der Waals surface area contributed by atoms with E-state index >= 15 is 0 Å². The molecule has 1 saturated heterocycles. The van der Waals surface area contributed by atoms with Crippen LogP contribution in [0, 0.1) is 29.1 Å². The molecule has 1 aromatic rings. The zero-order valence-electron chi connectivity index (χ0n) is 22.3. The number of aliphatic hydroxyl groups is 2. The fraction of sp³-hybridized carbons (Fsp3) is 0.677. The molecule has 1 heterocycles. The van der Waals surface area contributed by atoms with E-state index in [1.54, 1.807) is 0 Å². The first-order chi connectivity index (χ1) is 17.1. The first-order valence-electron chi connectivity index (χ1n) is 13.8. The molecule has 6 unspecified atom stereocenters. The lowest BCUT2D eigenvalue weighted by Gasteiger charge is -2.57. The van der Waals surface area contributed by atoms with E-state index < -0.39 is 17.0 Å². The zero-order valence-corrected chi connectivity index (χ0v) is 22.3. The van der Waals surface area contributed by atoms with Crippen molar-refractivity contribution in [1.82, 2.24) is 0 Å². The minimum absolute atomic E-state index is 0.164. The molecule has 2 N–H and O–H groups in total. The zero-order chi connectivity index (χ0) is 25.3. The fourth-order valence-corrected chi connectivity index (χ4v) is 8.73. The average molecular weight is 492 g/mol. The van der Waals surface area contributed by atoms with Crippen LogP contribution in [0.3, 0.4) is 0 Å². The van der Waals surface area contributed by atoms with E-state index in [0.717, 1.165) is 44.9 Å². The minimum atomic E-state index is -0.958. The summed E-state index contributed by atoms with van der Waals surface area (Å²) in [6.45, 7) is 5.36. The van der Waals surface area contributed by atoms with Gasteiger partial charge >= 0.3 is 0 Å². The molecule has 4 aliphatic carbocycles. The lowest BCUT2D eigenvalue weighted by atomic mass is 9.49. The molecule has 0 amide bonds. The Morgan fingerprint density at radius 3 is 2.39 bits per heavy atom. The van der Waals surface area contributed by atoms with Crippen molar-refractivity contribution >= 4 is 5.69 Å². The number of ether oxygens (including phenoxy) is 2. The first kappa shape index (κ1) is 24.5. The normalized spacial score (nSPS) is 40.8. The number of nitrogens with zero attached hydrogens (tertiary/aromatic N) is 1. The maximum Gasteiger partial charge on any atom is 0.171 e. The second-order valence-electron chi connectivity index (χ2n) is 12.4. The monoisotopic (exact) mass is 491 g/mol. The molecule has 36 heavy (non-hydrogen) atoms. The molecule has 6 atom stereocenters. The molecule has 0 radical (unpaired) electrons. The van der Waals surface area contributed by atoms with E-state index in [4.69, 9.17) is 9.47 Å². The van der Waals surface area contributed by atoms with Crippen molar-refractivity contribution in [2.24, 2.45) is 17.3 Å². The van der Waals surface area contributed by atoms with Crippen LogP contribution in [-0.4, -0.2) is 54.5 Å². The number of hydrogen-bond donors (Lipinski definition) is 2. The molecule has 1 aliphatic heterocycles. The van der Waals surface area contributed by atoms with Crippen LogP contribution >= 0.6 is 0 Å². The van der Waals surface area contributed by atoms with Gasteiger partial charge in [0.05, 0.1) is 18.8 Å². The second kappa shape index (κ2) is 8.33. The topological polar surface area (TPSA) is 62.2 Å². The smallest absolute Gasteiger partial charge is 0.171 e. The van der Waals surface area contributed by atoms with Crippen molar-refractivity contribution in [2.45, 2.75) is 88.1 Å². The Morgan fingerprint density at radius 1 is 1.00 bits per heavy atom. The number of allylic oxidation sites excluding steroid dienone is 1. The van der Waals surface area contributed by atoms with Crippen molar-refractivity contribution in [2.75, 3.05) is 32.2 Å². The van der Waals surface area contributed by atoms with Gasteiger partial charge in [0.25, 0.3) is 0 Å². The number of hydrogen-bond acceptors (Lipinski definition) is 5. The lowest BCUT2D eigenvalue weighted by molar-refractivity contribution is -0.208. The van der Waals surface area contributed by atoms with E-state index in [1.807, 2.05) is 6.92 Å². The van der Waals surface area contributed by atoms with Gasteiger partial charge in [0, 0.05) is 44.0 Å². The SMILES string of the molecule is CC#CC1(O)CCC2C3CCC4(O)CC5(CCC4=C3C(c3ccc(N(C)C)cc3)CC21C)OCCO5. The van der Waals surface area contributed by atoms with Gasteiger partial charge in [0.1, 0.15) is 5.60 Å². The van der Waals surface area contributed by atoms with Crippen LogP contribution in [0.25, 0.3) is 0 Å². The average Bonchev–Trinajstić information content (AvgIpc) is 3.40. The molecule has 0 aromatic heterocycles. The van der Waals surface area contributed by atoms with Gasteiger partial charge in [-0.05, 0) is 80.6 Å². The minimum Gasteiger partial charge on any atom is -0.385 e. The molecular formula is C31H41NO4. The Kier molecular flexibility index (Phi) is 5.67. The third-order valence-corrected chi connectivity index (χ3v) is 10.5. The Hall–Kier alpha value is -1.84. The Bertz CT molecular complexity index is 1120. The standard InChI is InChI=1S/C31H41NO4/c1-5-13-30(34)15-11-25-23-10-14-29(33)20-31(35-17-18-36-31)16-12-26(29)27(23)24(19-28(25,30)2)21-6-8-22(9-7-21)32(3)4/h6-9,23-25,33-34H,10-12,14-20H2,1-4H3. The van der Waals surface area contributed by atoms with E-state index in [1.165, 1.54) is 22.4 Å². The molecular weight excluding hydrogens is 450 g/mol. The number of fused-ring (bicyclic) bond motifs is 4. The third-order valence-electron chi connectivity index (χ3n) is 10.5. The van der Waals surface area contributed by atoms with Crippen molar-refractivity contribution in [1.29, 1.82) is 0 Å². The molecule has 5 heteroatoms. The van der Waals surface area contributed by atoms with Gasteiger partial charge in [-0.1, -0.05) is 30.6 Å². The summed E-state index contributed by atoms with van der Waals surface area (Å²) < 4.78 is 12.1. The van der Waals surface area contributed by atoms with Crippen molar-refractivity contribution in [3.8, 4) is 11.8 Å². The van der Waals surface area contributed by atoms with Gasteiger partial charge in [0.15, 0.2) is 5.79 Å². The highest BCUT2D eigenvalue weighted by atomic mass is 16.7. The third kappa shape index (κ3) is 3.45. The maximum atomic E-state index is 12.1. The van der Waals surface area contributed by atoms with Crippen LogP contribution in [0.1, 0.15) is 76.7 Å². The lowest BCUT2D eigenvalue weighted by Crippen LogP contribution is -2.55. The van der Waals surface area contributed by atoms with Crippen LogP contribution in [0.5, 0.6) is 0 Å². The van der Waals surface area contributed by atoms with E-state index in [-0.39, 0.29) is 11.3 Å². The molecule has 1 aromatic carbocycles. The summed E-state index contributed by atoms with van der Waals surface area (Å²) in [6.07, 6.45) is 6.41.